The first kappa shape index (κ1) is 14.2. The summed E-state index contributed by atoms with van der Waals surface area (Å²) in [6.07, 6.45) is -0.537. The van der Waals surface area contributed by atoms with Crippen LogP contribution in [0.5, 0.6) is 0 Å². The number of nitrogens with one attached hydrogen (secondary N) is 1. The van der Waals surface area contributed by atoms with E-state index in [2.05, 4.69) is 19.2 Å². The zero-order valence-electron chi connectivity index (χ0n) is 12.4. The van der Waals surface area contributed by atoms with Gasteiger partial charge >= 0.3 is 6.09 Å². The summed E-state index contributed by atoms with van der Waals surface area (Å²) in [4.78, 5) is 25.2. The highest BCUT2D eigenvalue weighted by atomic mass is 16.6. The molecule has 0 unspecified atom stereocenters. The molecule has 1 heterocycles. The number of fused-ring (bicyclic) bond motifs is 1. The molecule has 19 heavy (non-hydrogen) atoms. The fraction of sp³-hybridized carbons (Fsp3) is 0.857. The number of piperidine rings is 1. The van der Waals surface area contributed by atoms with Gasteiger partial charge < -0.3 is 15.0 Å². The number of ether oxygens (including phenoxy) is 1. The zero-order valence-corrected chi connectivity index (χ0v) is 12.4. The van der Waals surface area contributed by atoms with Crippen LogP contribution in [0.3, 0.4) is 0 Å². The lowest BCUT2D eigenvalue weighted by Crippen LogP contribution is -2.42. The Balaban J connectivity index is 1.71. The summed E-state index contributed by atoms with van der Waals surface area (Å²) in [6.45, 7) is 11.6. The minimum atomic E-state index is -0.537. The molecule has 2 amide bonds. The Morgan fingerprint density at radius 1 is 1.26 bits per heavy atom. The molecule has 1 N–H and O–H groups in total. The van der Waals surface area contributed by atoms with Gasteiger partial charge in [-0.25, -0.2) is 4.79 Å². The predicted molar refractivity (Wildman–Crippen MR) is 71.6 cm³/mol. The Kier molecular flexibility index (Phi) is 3.27. The van der Waals surface area contributed by atoms with Gasteiger partial charge in [-0.05, 0) is 38.0 Å². The summed E-state index contributed by atoms with van der Waals surface area (Å²) in [5.74, 6) is 1.25. The molecule has 108 valence electrons. The molecule has 1 saturated heterocycles. The van der Waals surface area contributed by atoms with Crippen LogP contribution in [-0.2, 0) is 9.53 Å². The van der Waals surface area contributed by atoms with Crippen molar-refractivity contribution in [2.75, 3.05) is 19.6 Å². The summed E-state index contributed by atoms with van der Waals surface area (Å²) in [5, 5.41) is 2.51. The van der Waals surface area contributed by atoms with E-state index in [1.54, 1.807) is 20.8 Å². The van der Waals surface area contributed by atoms with Crippen molar-refractivity contribution >= 4 is 12.0 Å². The molecule has 2 aliphatic rings. The third-order valence-corrected chi connectivity index (χ3v) is 4.26. The number of amides is 2. The van der Waals surface area contributed by atoms with E-state index in [-0.39, 0.29) is 12.5 Å². The molecular formula is C14H24N2O3. The Labute approximate surface area is 114 Å². The number of nitrogens with zero attached hydrogens (tertiary/aromatic N) is 1. The summed E-state index contributed by atoms with van der Waals surface area (Å²) in [7, 11) is 0. The van der Waals surface area contributed by atoms with Crippen molar-refractivity contribution < 1.29 is 14.3 Å². The first-order valence-electron chi connectivity index (χ1n) is 6.86. The third kappa shape index (κ3) is 3.01. The minimum Gasteiger partial charge on any atom is -0.444 e. The lowest BCUT2D eigenvalue weighted by molar-refractivity contribution is -0.130. The van der Waals surface area contributed by atoms with Gasteiger partial charge in [-0.15, -0.1) is 0 Å². The highest BCUT2D eigenvalue weighted by Gasteiger charge is 2.62. The van der Waals surface area contributed by atoms with Gasteiger partial charge in [0.15, 0.2) is 0 Å². The van der Waals surface area contributed by atoms with Crippen molar-refractivity contribution in [2.45, 2.75) is 40.2 Å². The molecule has 0 aromatic rings. The maximum absolute atomic E-state index is 11.9. The van der Waals surface area contributed by atoms with Crippen LogP contribution >= 0.6 is 0 Å². The molecule has 5 nitrogen and oxygen atoms in total. The van der Waals surface area contributed by atoms with Crippen molar-refractivity contribution in [3.05, 3.63) is 0 Å². The van der Waals surface area contributed by atoms with Crippen molar-refractivity contribution in [3.63, 3.8) is 0 Å². The Bertz CT molecular complexity index is 384. The highest BCUT2D eigenvalue weighted by molar-refractivity contribution is 5.82. The van der Waals surface area contributed by atoms with E-state index in [1.165, 1.54) is 0 Å². The van der Waals surface area contributed by atoms with Crippen LogP contribution in [-0.4, -0.2) is 42.1 Å². The van der Waals surface area contributed by atoms with Crippen molar-refractivity contribution in [1.29, 1.82) is 0 Å². The number of hydrogen-bond donors (Lipinski definition) is 1. The van der Waals surface area contributed by atoms with Gasteiger partial charge in [-0.1, -0.05) is 13.8 Å². The van der Waals surface area contributed by atoms with Crippen LogP contribution in [0.25, 0.3) is 0 Å². The topological polar surface area (TPSA) is 58.6 Å². The lowest BCUT2D eigenvalue weighted by Gasteiger charge is -2.23. The van der Waals surface area contributed by atoms with Gasteiger partial charge in [-0.2, -0.15) is 0 Å². The van der Waals surface area contributed by atoms with Crippen LogP contribution in [0.1, 0.15) is 34.6 Å². The van der Waals surface area contributed by atoms with Crippen LogP contribution in [0, 0.1) is 17.3 Å². The van der Waals surface area contributed by atoms with E-state index in [1.807, 2.05) is 4.90 Å². The quantitative estimate of drug-likeness (QED) is 0.828. The number of likely N-dealkylation sites (tertiary alicyclic amines) is 1. The van der Waals surface area contributed by atoms with Crippen LogP contribution in [0.4, 0.5) is 4.79 Å². The molecule has 1 saturated carbocycles. The largest absolute Gasteiger partial charge is 0.444 e. The second-order valence-corrected chi connectivity index (χ2v) is 7.19. The second-order valence-electron chi connectivity index (χ2n) is 7.19. The first-order chi connectivity index (χ1) is 8.61. The van der Waals surface area contributed by atoms with Gasteiger partial charge in [0.1, 0.15) is 12.1 Å². The summed E-state index contributed by atoms with van der Waals surface area (Å²) in [6, 6.07) is 0. The predicted octanol–water partition coefficient (Wildman–Crippen LogP) is 1.63. The van der Waals surface area contributed by atoms with E-state index >= 15 is 0 Å². The molecule has 1 aliphatic heterocycles. The molecule has 0 radical (unpaired) electrons. The van der Waals surface area contributed by atoms with Gasteiger partial charge in [-0.3, -0.25) is 4.79 Å². The molecule has 2 rings (SSSR count). The van der Waals surface area contributed by atoms with E-state index in [9.17, 15) is 9.59 Å². The van der Waals surface area contributed by atoms with E-state index in [4.69, 9.17) is 4.74 Å². The average molecular weight is 268 g/mol. The molecule has 0 bridgehead atoms. The van der Waals surface area contributed by atoms with E-state index < -0.39 is 11.7 Å². The van der Waals surface area contributed by atoms with Gasteiger partial charge in [0.25, 0.3) is 0 Å². The summed E-state index contributed by atoms with van der Waals surface area (Å²) in [5.41, 5.74) is -0.137. The van der Waals surface area contributed by atoms with Crippen molar-refractivity contribution in [2.24, 2.45) is 17.3 Å². The molecule has 5 heteroatoms. The number of carbonyl (C=O) groups is 2. The number of hydrogen-bond acceptors (Lipinski definition) is 3. The molecule has 1 aliphatic carbocycles. The van der Waals surface area contributed by atoms with Crippen molar-refractivity contribution in [3.8, 4) is 0 Å². The fourth-order valence-electron chi connectivity index (χ4n) is 2.91. The molecule has 0 spiro atoms. The standard InChI is InChI=1S/C14H24N2O3/c1-13(2,3)19-12(18)15-6-11(17)16-7-9-10(8-16)14(9,4)5/h9-10H,6-8H2,1-5H3,(H,15,18)/t9-,10+. The summed E-state index contributed by atoms with van der Waals surface area (Å²) < 4.78 is 5.09. The van der Waals surface area contributed by atoms with E-state index in [0.29, 0.717) is 17.3 Å². The van der Waals surface area contributed by atoms with Crippen LogP contribution in [0.2, 0.25) is 0 Å². The number of rotatable bonds is 2. The lowest BCUT2D eigenvalue weighted by atomic mass is 10.1. The Morgan fingerprint density at radius 2 is 1.79 bits per heavy atom. The molecule has 0 aromatic heterocycles. The minimum absolute atomic E-state index is 0.0196. The Morgan fingerprint density at radius 3 is 2.26 bits per heavy atom. The fourth-order valence-corrected chi connectivity index (χ4v) is 2.91. The SMILES string of the molecule is CC(C)(C)OC(=O)NCC(=O)N1C[C@@H]2[C@H](C1)C2(C)C. The normalized spacial score (nSPS) is 27.7. The first-order valence-corrected chi connectivity index (χ1v) is 6.86. The van der Waals surface area contributed by atoms with Crippen LogP contribution < -0.4 is 5.32 Å². The molecule has 2 atom stereocenters. The van der Waals surface area contributed by atoms with Gasteiger partial charge in [0.2, 0.25) is 5.91 Å². The van der Waals surface area contributed by atoms with Crippen LogP contribution in [0.15, 0.2) is 0 Å². The monoisotopic (exact) mass is 268 g/mol. The number of carbonyl (C=O) groups excluding carboxylic acids is 2. The zero-order chi connectivity index (χ0) is 14.4. The molecule has 2 fully saturated rings. The van der Waals surface area contributed by atoms with Gasteiger partial charge in [0.05, 0.1) is 0 Å². The average Bonchev–Trinajstić information content (AvgIpc) is 2.66. The molecular weight excluding hydrogens is 244 g/mol. The second kappa shape index (κ2) is 4.39. The smallest absolute Gasteiger partial charge is 0.408 e. The highest BCUT2D eigenvalue weighted by Crippen LogP contribution is 2.61. The Hall–Kier alpha value is -1.26. The summed E-state index contributed by atoms with van der Waals surface area (Å²) >= 11 is 0. The maximum Gasteiger partial charge on any atom is 0.408 e. The van der Waals surface area contributed by atoms with E-state index in [0.717, 1.165) is 13.1 Å². The maximum atomic E-state index is 11.9. The third-order valence-electron chi connectivity index (χ3n) is 4.26. The van der Waals surface area contributed by atoms with Gasteiger partial charge in [0, 0.05) is 13.1 Å². The molecule has 0 aromatic carbocycles. The number of alkyl carbamates (subject to hydrolysis) is 1. The van der Waals surface area contributed by atoms with Crippen molar-refractivity contribution in [1.82, 2.24) is 10.2 Å².